The van der Waals surface area contributed by atoms with Gasteiger partial charge in [-0.2, -0.15) is 0 Å². The van der Waals surface area contributed by atoms with Crippen molar-refractivity contribution in [3.63, 3.8) is 0 Å². The summed E-state index contributed by atoms with van der Waals surface area (Å²) < 4.78 is 4.94. The van der Waals surface area contributed by atoms with Crippen molar-refractivity contribution in [2.24, 2.45) is 5.73 Å². The van der Waals surface area contributed by atoms with E-state index < -0.39 is 6.04 Å². The first-order valence-electron chi connectivity index (χ1n) is 7.19. The SMILES string of the molecule is COCC(N)C(=O)N1CCc2ccc(C(C)=O)cc2CC1.Cl. The molecule has 1 heterocycles. The number of carbonyl (C=O) groups is 2. The van der Waals surface area contributed by atoms with Crippen molar-refractivity contribution in [2.45, 2.75) is 25.8 Å². The average Bonchev–Trinajstić information content (AvgIpc) is 2.68. The molecule has 0 saturated carbocycles. The van der Waals surface area contributed by atoms with Crippen molar-refractivity contribution in [1.29, 1.82) is 0 Å². The zero-order valence-corrected chi connectivity index (χ0v) is 13.8. The van der Waals surface area contributed by atoms with Gasteiger partial charge in [0.25, 0.3) is 0 Å². The second kappa shape index (κ2) is 8.27. The topological polar surface area (TPSA) is 72.6 Å². The Kier molecular flexibility index (Phi) is 7.00. The fraction of sp³-hybridized carbons (Fsp3) is 0.500. The lowest BCUT2D eigenvalue weighted by molar-refractivity contribution is -0.133. The molecular formula is C16H23ClN2O3. The van der Waals surface area contributed by atoms with Crippen molar-refractivity contribution in [2.75, 3.05) is 26.8 Å². The van der Waals surface area contributed by atoms with E-state index in [-0.39, 0.29) is 30.7 Å². The molecule has 2 rings (SSSR count). The second-order valence-electron chi connectivity index (χ2n) is 5.43. The minimum Gasteiger partial charge on any atom is -0.383 e. The maximum absolute atomic E-state index is 12.2. The van der Waals surface area contributed by atoms with E-state index in [1.54, 1.807) is 11.8 Å². The molecule has 1 aromatic rings. The van der Waals surface area contributed by atoms with Gasteiger partial charge in [0.15, 0.2) is 5.78 Å². The molecular weight excluding hydrogens is 304 g/mol. The van der Waals surface area contributed by atoms with Crippen LogP contribution < -0.4 is 5.73 Å². The van der Waals surface area contributed by atoms with E-state index in [9.17, 15) is 9.59 Å². The van der Waals surface area contributed by atoms with Crippen LogP contribution in [0.25, 0.3) is 0 Å². The summed E-state index contributed by atoms with van der Waals surface area (Å²) in [5.41, 5.74) is 8.90. The summed E-state index contributed by atoms with van der Waals surface area (Å²) in [4.78, 5) is 25.5. The first kappa shape index (κ1) is 18.6. The van der Waals surface area contributed by atoms with Gasteiger partial charge in [0.2, 0.25) is 5.91 Å². The maximum atomic E-state index is 12.2. The number of methoxy groups -OCH3 is 1. The Morgan fingerprint density at radius 2 is 1.91 bits per heavy atom. The molecule has 1 aromatic carbocycles. The number of nitrogens with two attached hydrogens (primary N) is 1. The first-order valence-corrected chi connectivity index (χ1v) is 7.19. The fourth-order valence-electron chi connectivity index (χ4n) is 2.65. The van der Waals surface area contributed by atoms with Crippen LogP contribution in [0.1, 0.15) is 28.4 Å². The van der Waals surface area contributed by atoms with E-state index in [1.807, 2.05) is 18.2 Å². The van der Waals surface area contributed by atoms with Crippen molar-refractivity contribution in [3.8, 4) is 0 Å². The number of rotatable bonds is 4. The number of carbonyl (C=O) groups excluding carboxylic acids is 2. The minimum atomic E-state index is -0.607. The number of hydrogen-bond acceptors (Lipinski definition) is 4. The zero-order valence-electron chi connectivity index (χ0n) is 13.0. The smallest absolute Gasteiger partial charge is 0.241 e. The Bertz CT molecular complexity index is 548. The molecule has 1 amide bonds. The summed E-state index contributed by atoms with van der Waals surface area (Å²) in [5, 5.41) is 0. The highest BCUT2D eigenvalue weighted by molar-refractivity contribution is 5.94. The number of hydrogen-bond donors (Lipinski definition) is 1. The maximum Gasteiger partial charge on any atom is 0.241 e. The van der Waals surface area contributed by atoms with Gasteiger partial charge in [0.1, 0.15) is 6.04 Å². The van der Waals surface area contributed by atoms with Crippen LogP contribution in [0.4, 0.5) is 0 Å². The summed E-state index contributed by atoms with van der Waals surface area (Å²) in [6.07, 6.45) is 1.54. The summed E-state index contributed by atoms with van der Waals surface area (Å²) in [5.74, 6) is -0.00598. The van der Waals surface area contributed by atoms with Crippen LogP contribution in [0, 0.1) is 0 Å². The Morgan fingerprint density at radius 1 is 1.27 bits per heavy atom. The first-order chi connectivity index (χ1) is 10.0. The minimum absolute atomic E-state index is 0. The number of ether oxygens (including phenoxy) is 1. The number of fused-ring (bicyclic) bond motifs is 1. The quantitative estimate of drug-likeness (QED) is 0.844. The number of nitrogens with zero attached hydrogens (tertiary/aromatic N) is 1. The van der Waals surface area contributed by atoms with E-state index >= 15 is 0 Å². The predicted molar refractivity (Wildman–Crippen MR) is 87.5 cm³/mol. The van der Waals surface area contributed by atoms with Crippen LogP contribution in [-0.2, 0) is 22.4 Å². The van der Waals surface area contributed by atoms with Crippen molar-refractivity contribution >= 4 is 24.1 Å². The highest BCUT2D eigenvalue weighted by Gasteiger charge is 2.23. The molecule has 122 valence electrons. The normalized spacial score (nSPS) is 15.3. The van der Waals surface area contributed by atoms with E-state index in [2.05, 4.69) is 0 Å². The van der Waals surface area contributed by atoms with Gasteiger partial charge in [0.05, 0.1) is 6.61 Å². The summed E-state index contributed by atoms with van der Waals surface area (Å²) in [7, 11) is 1.54. The monoisotopic (exact) mass is 326 g/mol. The lowest BCUT2D eigenvalue weighted by Gasteiger charge is -2.23. The van der Waals surface area contributed by atoms with E-state index in [0.717, 1.165) is 24.0 Å². The third kappa shape index (κ3) is 4.29. The predicted octanol–water partition coefficient (Wildman–Crippen LogP) is 1.21. The van der Waals surface area contributed by atoms with Gasteiger partial charge in [-0.15, -0.1) is 12.4 Å². The molecule has 1 aliphatic rings. The standard InChI is InChI=1S/C16H22N2O3.ClH/c1-11(19)13-4-3-12-5-7-18(8-6-14(12)9-13)16(20)15(17)10-21-2;/h3-4,9,15H,5-8,10,17H2,1-2H3;1H. The molecule has 0 fully saturated rings. The largest absolute Gasteiger partial charge is 0.383 e. The molecule has 0 saturated heterocycles. The van der Waals surface area contributed by atoms with E-state index in [0.29, 0.717) is 13.1 Å². The van der Waals surface area contributed by atoms with E-state index in [4.69, 9.17) is 10.5 Å². The number of halogens is 1. The third-order valence-electron chi connectivity index (χ3n) is 3.89. The van der Waals surface area contributed by atoms with Crippen LogP contribution in [0.5, 0.6) is 0 Å². The number of Topliss-reactive ketones (excluding diaryl/α,β-unsaturated/α-hetero) is 1. The lowest BCUT2D eigenvalue weighted by Crippen LogP contribution is -2.47. The van der Waals surface area contributed by atoms with Crippen molar-refractivity contribution < 1.29 is 14.3 Å². The van der Waals surface area contributed by atoms with Gasteiger partial charge in [-0.25, -0.2) is 0 Å². The molecule has 0 aliphatic carbocycles. The molecule has 22 heavy (non-hydrogen) atoms. The molecule has 2 N–H and O–H groups in total. The van der Waals surface area contributed by atoms with Gasteiger partial charge in [0, 0.05) is 25.8 Å². The van der Waals surface area contributed by atoms with Crippen LogP contribution in [0.15, 0.2) is 18.2 Å². The summed E-state index contributed by atoms with van der Waals surface area (Å²) in [6, 6.07) is 5.19. The third-order valence-corrected chi connectivity index (χ3v) is 3.89. The van der Waals surface area contributed by atoms with E-state index in [1.165, 1.54) is 12.7 Å². The van der Waals surface area contributed by atoms with Gasteiger partial charge >= 0.3 is 0 Å². The Morgan fingerprint density at radius 3 is 2.50 bits per heavy atom. The van der Waals surface area contributed by atoms with Crippen LogP contribution in [-0.4, -0.2) is 49.4 Å². The lowest BCUT2D eigenvalue weighted by atomic mass is 9.99. The summed E-state index contributed by atoms with van der Waals surface area (Å²) in [6.45, 7) is 3.09. The Hall–Kier alpha value is -1.43. The molecule has 1 unspecified atom stereocenters. The van der Waals surface area contributed by atoms with Crippen LogP contribution in [0.2, 0.25) is 0 Å². The molecule has 5 nitrogen and oxygen atoms in total. The van der Waals surface area contributed by atoms with Gasteiger partial charge < -0.3 is 15.4 Å². The molecule has 1 atom stereocenters. The molecule has 0 bridgehead atoms. The highest BCUT2D eigenvalue weighted by atomic mass is 35.5. The molecule has 0 aromatic heterocycles. The second-order valence-corrected chi connectivity index (χ2v) is 5.43. The number of amides is 1. The van der Waals surface area contributed by atoms with Crippen LogP contribution in [0.3, 0.4) is 0 Å². The molecule has 1 aliphatic heterocycles. The number of ketones is 1. The van der Waals surface area contributed by atoms with Gasteiger partial charge in [-0.3, -0.25) is 9.59 Å². The zero-order chi connectivity index (χ0) is 15.4. The Labute approximate surface area is 137 Å². The van der Waals surface area contributed by atoms with Crippen molar-refractivity contribution in [3.05, 3.63) is 34.9 Å². The number of benzene rings is 1. The van der Waals surface area contributed by atoms with Crippen molar-refractivity contribution in [1.82, 2.24) is 4.90 Å². The molecule has 0 spiro atoms. The van der Waals surface area contributed by atoms with Gasteiger partial charge in [-0.1, -0.05) is 12.1 Å². The molecule has 6 heteroatoms. The summed E-state index contributed by atoms with van der Waals surface area (Å²) >= 11 is 0. The van der Waals surface area contributed by atoms with Gasteiger partial charge in [-0.05, 0) is 37.0 Å². The Balaban J connectivity index is 0.00000242. The fourth-order valence-corrected chi connectivity index (χ4v) is 2.65. The van der Waals surface area contributed by atoms with Crippen LogP contribution >= 0.6 is 12.4 Å². The average molecular weight is 327 g/mol. The molecule has 0 radical (unpaired) electrons. The highest BCUT2D eigenvalue weighted by Crippen LogP contribution is 2.18.